The molecule has 8 nitrogen and oxygen atoms in total. The van der Waals surface area contributed by atoms with Gasteiger partial charge in [-0.15, -0.1) is 0 Å². The Morgan fingerprint density at radius 3 is 2.51 bits per heavy atom. The molecule has 0 atom stereocenters. The average molecular weight is 555 g/mol. The van der Waals surface area contributed by atoms with Gasteiger partial charge in [-0.25, -0.2) is 9.97 Å². The third-order valence-corrected chi connectivity index (χ3v) is 7.94. The molecule has 5 rings (SSSR count). The number of nitrogens with zero attached hydrogens (tertiary/aromatic N) is 5. The first-order valence-corrected chi connectivity index (χ1v) is 14.5. The first-order valence-electron chi connectivity index (χ1n) is 14.5. The summed E-state index contributed by atoms with van der Waals surface area (Å²) >= 11 is 0. The molecule has 0 spiro atoms. The standard InChI is InChI=1S/C33H42N6O2/c1-5-37(2)14-7-15-38-16-18-39(19-17-38)32-22-27(21-26-10-11-29(41-4)23-30(26)32)31-12-13-34-33(36-31)35-24-25-8-6-9-28(20-25)40-3/h6,8-13,20-23H,5,7,14-19,24H2,1-4H3,(H,34,35,36). The zero-order chi connectivity index (χ0) is 28.6. The van der Waals surface area contributed by atoms with E-state index >= 15 is 0 Å². The quantitative estimate of drug-likeness (QED) is 0.250. The number of aromatic nitrogens is 2. The minimum Gasteiger partial charge on any atom is -0.497 e. The summed E-state index contributed by atoms with van der Waals surface area (Å²) in [6.07, 6.45) is 3.03. The number of fused-ring (bicyclic) bond motifs is 1. The number of benzene rings is 3. The minimum absolute atomic E-state index is 0.601. The molecule has 4 aromatic rings. The van der Waals surface area contributed by atoms with E-state index in [4.69, 9.17) is 14.5 Å². The van der Waals surface area contributed by atoms with Crippen LogP contribution in [0.25, 0.3) is 22.0 Å². The van der Waals surface area contributed by atoms with Crippen LogP contribution in [0.2, 0.25) is 0 Å². The molecule has 1 saturated heterocycles. The molecule has 216 valence electrons. The van der Waals surface area contributed by atoms with Gasteiger partial charge < -0.3 is 24.6 Å². The highest BCUT2D eigenvalue weighted by Crippen LogP contribution is 2.35. The predicted molar refractivity (Wildman–Crippen MR) is 168 cm³/mol. The Balaban J connectivity index is 1.36. The second-order valence-corrected chi connectivity index (χ2v) is 10.6. The molecule has 3 aromatic carbocycles. The van der Waals surface area contributed by atoms with E-state index in [0.717, 1.165) is 74.1 Å². The Morgan fingerprint density at radius 1 is 0.927 bits per heavy atom. The normalized spacial score (nSPS) is 14.0. The molecule has 1 aliphatic rings. The molecule has 0 unspecified atom stereocenters. The van der Waals surface area contributed by atoms with E-state index in [2.05, 4.69) is 69.3 Å². The minimum atomic E-state index is 0.601. The second kappa shape index (κ2) is 13.7. The van der Waals surface area contributed by atoms with Crippen molar-refractivity contribution in [1.82, 2.24) is 19.8 Å². The molecule has 41 heavy (non-hydrogen) atoms. The van der Waals surface area contributed by atoms with Crippen LogP contribution in [-0.4, -0.2) is 86.8 Å². The molecular formula is C33H42N6O2. The first-order chi connectivity index (χ1) is 20.1. The summed E-state index contributed by atoms with van der Waals surface area (Å²) in [5.41, 5.74) is 4.31. The van der Waals surface area contributed by atoms with Gasteiger partial charge in [-0.3, -0.25) is 4.90 Å². The molecule has 2 heterocycles. The number of rotatable bonds is 12. The fourth-order valence-corrected chi connectivity index (χ4v) is 5.36. The van der Waals surface area contributed by atoms with Crippen molar-refractivity contribution in [1.29, 1.82) is 0 Å². The van der Waals surface area contributed by atoms with Crippen LogP contribution in [0, 0.1) is 0 Å². The van der Waals surface area contributed by atoms with Crippen LogP contribution in [0.1, 0.15) is 18.9 Å². The van der Waals surface area contributed by atoms with E-state index in [1.54, 1.807) is 14.2 Å². The maximum Gasteiger partial charge on any atom is 0.223 e. The lowest BCUT2D eigenvalue weighted by Gasteiger charge is -2.37. The second-order valence-electron chi connectivity index (χ2n) is 10.6. The summed E-state index contributed by atoms with van der Waals surface area (Å²) in [6.45, 7) is 10.4. The summed E-state index contributed by atoms with van der Waals surface area (Å²) in [5, 5.41) is 5.75. The summed E-state index contributed by atoms with van der Waals surface area (Å²) in [5.74, 6) is 2.31. The van der Waals surface area contributed by atoms with Crippen LogP contribution in [0.4, 0.5) is 11.6 Å². The topological polar surface area (TPSA) is 66.0 Å². The van der Waals surface area contributed by atoms with Crippen molar-refractivity contribution in [3.05, 3.63) is 72.4 Å². The average Bonchev–Trinajstić information content (AvgIpc) is 3.03. The number of hydrogen-bond acceptors (Lipinski definition) is 8. The number of ether oxygens (including phenoxy) is 2. The number of hydrogen-bond donors (Lipinski definition) is 1. The van der Waals surface area contributed by atoms with Crippen LogP contribution in [-0.2, 0) is 6.54 Å². The van der Waals surface area contributed by atoms with E-state index in [9.17, 15) is 0 Å². The number of piperazine rings is 1. The molecule has 0 aliphatic carbocycles. The van der Waals surface area contributed by atoms with Gasteiger partial charge in [0.05, 0.1) is 19.9 Å². The van der Waals surface area contributed by atoms with Gasteiger partial charge in [-0.2, -0.15) is 0 Å². The highest BCUT2D eigenvalue weighted by atomic mass is 16.5. The Morgan fingerprint density at radius 2 is 1.73 bits per heavy atom. The van der Waals surface area contributed by atoms with Gasteiger partial charge in [-0.05, 0) is 86.5 Å². The van der Waals surface area contributed by atoms with E-state index in [0.29, 0.717) is 12.5 Å². The third kappa shape index (κ3) is 7.26. The lowest BCUT2D eigenvalue weighted by Crippen LogP contribution is -2.47. The maximum absolute atomic E-state index is 5.60. The van der Waals surface area contributed by atoms with Crippen LogP contribution in [0.3, 0.4) is 0 Å². The van der Waals surface area contributed by atoms with E-state index in [-0.39, 0.29) is 0 Å². The SMILES string of the molecule is CCN(C)CCCN1CCN(c2cc(-c3ccnc(NCc4cccc(OC)c4)n3)cc3ccc(OC)cc23)CC1. The highest BCUT2D eigenvalue weighted by Gasteiger charge is 2.20. The van der Waals surface area contributed by atoms with Crippen LogP contribution in [0.15, 0.2) is 66.9 Å². The highest BCUT2D eigenvalue weighted by molar-refractivity contribution is 5.98. The van der Waals surface area contributed by atoms with Crippen molar-refractivity contribution in [3.63, 3.8) is 0 Å². The van der Waals surface area contributed by atoms with Crippen LogP contribution in [0.5, 0.6) is 11.5 Å². The first kappa shape index (κ1) is 28.6. The van der Waals surface area contributed by atoms with Gasteiger partial charge in [0.25, 0.3) is 0 Å². The fraction of sp³-hybridized carbons (Fsp3) is 0.394. The molecule has 0 saturated carbocycles. The summed E-state index contributed by atoms with van der Waals surface area (Å²) in [7, 11) is 5.60. The molecule has 1 N–H and O–H groups in total. The van der Waals surface area contributed by atoms with E-state index in [1.165, 1.54) is 22.9 Å². The van der Waals surface area contributed by atoms with Crippen molar-refractivity contribution >= 4 is 22.4 Å². The van der Waals surface area contributed by atoms with Gasteiger partial charge in [0, 0.05) is 55.6 Å². The largest absolute Gasteiger partial charge is 0.497 e. The van der Waals surface area contributed by atoms with Gasteiger partial charge >= 0.3 is 0 Å². The maximum atomic E-state index is 5.60. The van der Waals surface area contributed by atoms with Crippen molar-refractivity contribution in [2.45, 2.75) is 19.9 Å². The Bertz CT molecular complexity index is 1440. The van der Waals surface area contributed by atoms with Crippen molar-refractivity contribution in [2.75, 3.05) is 77.3 Å². The molecule has 0 radical (unpaired) electrons. The molecule has 0 bridgehead atoms. The van der Waals surface area contributed by atoms with Gasteiger partial charge in [-0.1, -0.05) is 25.1 Å². The van der Waals surface area contributed by atoms with Gasteiger partial charge in [0.1, 0.15) is 11.5 Å². The van der Waals surface area contributed by atoms with Gasteiger partial charge in [0.15, 0.2) is 0 Å². The lowest BCUT2D eigenvalue weighted by atomic mass is 10.0. The fourth-order valence-electron chi connectivity index (χ4n) is 5.36. The summed E-state index contributed by atoms with van der Waals surface area (Å²) in [4.78, 5) is 16.9. The molecule has 8 heteroatoms. The predicted octanol–water partition coefficient (Wildman–Crippen LogP) is 5.39. The van der Waals surface area contributed by atoms with Gasteiger partial charge in [0.2, 0.25) is 5.95 Å². The zero-order valence-corrected chi connectivity index (χ0v) is 24.8. The smallest absolute Gasteiger partial charge is 0.223 e. The number of methoxy groups -OCH3 is 2. The summed E-state index contributed by atoms with van der Waals surface area (Å²) < 4.78 is 11.0. The molecule has 0 amide bonds. The summed E-state index contributed by atoms with van der Waals surface area (Å²) in [6, 6.07) is 20.8. The molecule has 1 aromatic heterocycles. The Kier molecular flexibility index (Phi) is 9.54. The molecule has 1 fully saturated rings. The van der Waals surface area contributed by atoms with E-state index in [1.807, 2.05) is 36.5 Å². The van der Waals surface area contributed by atoms with Crippen LogP contribution < -0.4 is 19.7 Å². The van der Waals surface area contributed by atoms with Crippen molar-refractivity contribution in [2.24, 2.45) is 0 Å². The number of nitrogens with one attached hydrogen (secondary N) is 1. The van der Waals surface area contributed by atoms with E-state index < -0.39 is 0 Å². The Hall–Kier alpha value is -3.88. The zero-order valence-electron chi connectivity index (χ0n) is 24.8. The van der Waals surface area contributed by atoms with Crippen molar-refractivity contribution < 1.29 is 9.47 Å². The molecule has 1 aliphatic heterocycles. The third-order valence-electron chi connectivity index (χ3n) is 7.94. The van der Waals surface area contributed by atoms with Crippen LogP contribution >= 0.6 is 0 Å². The molecular weight excluding hydrogens is 512 g/mol. The Labute approximate surface area is 243 Å². The lowest BCUT2D eigenvalue weighted by molar-refractivity contribution is 0.236. The van der Waals surface area contributed by atoms with Crippen molar-refractivity contribution in [3.8, 4) is 22.8 Å². The number of anilines is 2. The monoisotopic (exact) mass is 554 g/mol.